The Balaban J connectivity index is 1.77. The second kappa shape index (κ2) is 5.43. The highest BCUT2D eigenvalue weighted by molar-refractivity contribution is 5.93. The Morgan fingerprint density at radius 2 is 2.38 bits per heavy atom. The van der Waals surface area contributed by atoms with Gasteiger partial charge in [0.25, 0.3) is 5.91 Å². The van der Waals surface area contributed by atoms with Crippen molar-refractivity contribution >= 4 is 11.9 Å². The maximum atomic E-state index is 12.4. The van der Waals surface area contributed by atoms with E-state index in [2.05, 4.69) is 10.2 Å². The van der Waals surface area contributed by atoms with E-state index in [1.54, 1.807) is 29.4 Å². The molecule has 1 aliphatic rings. The van der Waals surface area contributed by atoms with Crippen molar-refractivity contribution in [3.05, 3.63) is 30.2 Å². The number of carboxylic acids is 1. The van der Waals surface area contributed by atoms with E-state index in [9.17, 15) is 9.59 Å². The summed E-state index contributed by atoms with van der Waals surface area (Å²) in [5.41, 5.74) is 0.899. The smallest absolute Gasteiger partial charge is 0.305 e. The summed E-state index contributed by atoms with van der Waals surface area (Å²) in [6.07, 6.45) is 3.05. The summed E-state index contributed by atoms with van der Waals surface area (Å²) in [5.74, 6) is -0.532. The molecule has 0 bridgehead atoms. The molecule has 2 aromatic rings. The van der Waals surface area contributed by atoms with Gasteiger partial charge in [0.2, 0.25) is 0 Å². The summed E-state index contributed by atoms with van der Waals surface area (Å²) >= 11 is 0. The number of likely N-dealkylation sites (tertiary alicyclic amines) is 1. The van der Waals surface area contributed by atoms with Crippen molar-refractivity contribution in [2.75, 3.05) is 6.54 Å². The molecule has 0 spiro atoms. The standard InChI is InChI=1S/C14H15N3O4/c18-13(19)7-9-3-1-5-17(9)14(20)11-8-10(15-16-11)12-4-2-6-21-12/h2,4,6,8-9H,1,3,5,7H2,(H,15,16)(H,18,19). The fourth-order valence-corrected chi connectivity index (χ4v) is 2.65. The van der Waals surface area contributed by atoms with Gasteiger partial charge < -0.3 is 14.4 Å². The van der Waals surface area contributed by atoms with Gasteiger partial charge in [0, 0.05) is 18.7 Å². The second-order valence-corrected chi connectivity index (χ2v) is 5.04. The number of carbonyl (C=O) groups excluding carboxylic acids is 1. The van der Waals surface area contributed by atoms with Crippen molar-refractivity contribution in [2.45, 2.75) is 25.3 Å². The number of nitrogens with zero attached hydrogens (tertiary/aromatic N) is 2. The van der Waals surface area contributed by atoms with Crippen molar-refractivity contribution < 1.29 is 19.1 Å². The molecule has 3 heterocycles. The van der Waals surface area contributed by atoms with E-state index in [-0.39, 0.29) is 24.1 Å². The van der Waals surface area contributed by atoms with Gasteiger partial charge in [0.1, 0.15) is 5.69 Å². The average Bonchev–Trinajstić information content (AvgIpc) is 3.18. The number of aromatic amines is 1. The lowest BCUT2D eigenvalue weighted by molar-refractivity contribution is -0.137. The molecule has 0 radical (unpaired) electrons. The van der Waals surface area contributed by atoms with Gasteiger partial charge in [-0.05, 0) is 25.0 Å². The summed E-state index contributed by atoms with van der Waals surface area (Å²) in [7, 11) is 0. The zero-order valence-corrected chi connectivity index (χ0v) is 11.3. The average molecular weight is 289 g/mol. The van der Waals surface area contributed by atoms with Crippen LogP contribution in [0.3, 0.4) is 0 Å². The summed E-state index contributed by atoms with van der Waals surface area (Å²) in [6.45, 7) is 0.569. The van der Waals surface area contributed by atoms with E-state index >= 15 is 0 Å². The van der Waals surface area contributed by atoms with Crippen LogP contribution in [0, 0.1) is 0 Å². The number of nitrogens with one attached hydrogen (secondary N) is 1. The van der Waals surface area contributed by atoms with Crippen molar-refractivity contribution in [1.29, 1.82) is 0 Å². The molecule has 0 saturated carbocycles. The first-order valence-electron chi connectivity index (χ1n) is 6.77. The van der Waals surface area contributed by atoms with Crippen LogP contribution in [0.5, 0.6) is 0 Å². The monoisotopic (exact) mass is 289 g/mol. The lowest BCUT2D eigenvalue weighted by atomic mass is 10.1. The van der Waals surface area contributed by atoms with E-state index < -0.39 is 5.97 Å². The molecule has 2 N–H and O–H groups in total. The van der Waals surface area contributed by atoms with Crippen LogP contribution in [-0.2, 0) is 4.79 Å². The molecule has 1 unspecified atom stereocenters. The number of amides is 1. The number of hydrogen-bond donors (Lipinski definition) is 2. The Morgan fingerprint density at radius 3 is 3.10 bits per heavy atom. The number of rotatable bonds is 4. The van der Waals surface area contributed by atoms with Gasteiger partial charge in [-0.25, -0.2) is 0 Å². The number of aliphatic carboxylic acids is 1. The van der Waals surface area contributed by atoms with Crippen LogP contribution in [0.1, 0.15) is 29.8 Å². The summed E-state index contributed by atoms with van der Waals surface area (Å²) in [4.78, 5) is 24.9. The van der Waals surface area contributed by atoms with Gasteiger partial charge in [-0.2, -0.15) is 5.10 Å². The van der Waals surface area contributed by atoms with Gasteiger partial charge in [0.15, 0.2) is 11.5 Å². The van der Waals surface area contributed by atoms with Gasteiger partial charge in [-0.15, -0.1) is 0 Å². The molecule has 1 saturated heterocycles. The normalized spacial score (nSPS) is 18.1. The van der Waals surface area contributed by atoms with E-state index in [4.69, 9.17) is 9.52 Å². The molecule has 1 amide bonds. The molecule has 21 heavy (non-hydrogen) atoms. The van der Waals surface area contributed by atoms with E-state index in [0.717, 1.165) is 6.42 Å². The molecule has 0 aromatic carbocycles. The van der Waals surface area contributed by atoms with Crippen LogP contribution in [0.25, 0.3) is 11.5 Å². The third-order valence-corrected chi connectivity index (χ3v) is 3.63. The van der Waals surface area contributed by atoms with Gasteiger partial charge in [-0.1, -0.05) is 0 Å². The molecule has 0 aliphatic carbocycles. The fraction of sp³-hybridized carbons (Fsp3) is 0.357. The Labute approximate surface area is 120 Å². The molecular weight excluding hydrogens is 274 g/mol. The minimum Gasteiger partial charge on any atom is -0.481 e. The molecular formula is C14H15N3O4. The Morgan fingerprint density at radius 1 is 1.52 bits per heavy atom. The second-order valence-electron chi connectivity index (χ2n) is 5.04. The quantitative estimate of drug-likeness (QED) is 0.893. The molecule has 110 valence electrons. The van der Waals surface area contributed by atoms with E-state index in [1.165, 1.54) is 0 Å². The third-order valence-electron chi connectivity index (χ3n) is 3.63. The Hall–Kier alpha value is -2.57. The molecule has 2 aromatic heterocycles. The zero-order valence-electron chi connectivity index (χ0n) is 11.3. The molecule has 1 atom stereocenters. The van der Waals surface area contributed by atoms with Gasteiger partial charge >= 0.3 is 5.97 Å². The number of furan rings is 1. The molecule has 7 heteroatoms. The number of carbonyl (C=O) groups is 2. The first kappa shape index (κ1) is 13.4. The number of hydrogen-bond acceptors (Lipinski definition) is 4. The highest BCUT2D eigenvalue weighted by Gasteiger charge is 2.32. The molecule has 1 aliphatic heterocycles. The van der Waals surface area contributed by atoms with Crippen LogP contribution >= 0.6 is 0 Å². The third kappa shape index (κ3) is 2.67. The first-order valence-corrected chi connectivity index (χ1v) is 6.77. The summed E-state index contributed by atoms with van der Waals surface area (Å²) < 4.78 is 5.24. The van der Waals surface area contributed by atoms with Gasteiger partial charge in [0.05, 0.1) is 12.7 Å². The lowest BCUT2D eigenvalue weighted by Crippen LogP contribution is -2.37. The maximum absolute atomic E-state index is 12.4. The zero-order chi connectivity index (χ0) is 14.8. The van der Waals surface area contributed by atoms with Crippen molar-refractivity contribution in [1.82, 2.24) is 15.1 Å². The van der Waals surface area contributed by atoms with Crippen molar-refractivity contribution in [3.8, 4) is 11.5 Å². The summed E-state index contributed by atoms with van der Waals surface area (Å²) in [6, 6.07) is 4.89. The lowest BCUT2D eigenvalue weighted by Gasteiger charge is -2.22. The van der Waals surface area contributed by atoms with Crippen LogP contribution in [-0.4, -0.2) is 44.7 Å². The van der Waals surface area contributed by atoms with Crippen LogP contribution in [0.15, 0.2) is 28.9 Å². The summed E-state index contributed by atoms with van der Waals surface area (Å²) in [5, 5.41) is 15.7. The molecule has 7 nitrogen and oxygen atoms in total. The number of H-pyrrole nitrogens is 1. The molecule has 1 fully saturated rings. The highest BCUT2D eigenvalue weighted by Crippen LogP contribution is 2.24. The van der Waals surface area contributed by atoms with E-state index in [0.29, 0.717) is 24.4 Å². The fourth-order valence-electron chi connectivity index (χ4n) is 2.65. The SMILES string of the molecule is O=C(O)CC1CCCN1C(=O)c1cc(-c2ccco2)[nH]n1. The topological polar surface area (TPSA) is 99.4 Å². The van der Waals surface area contributed by atoms with Crippen LogP contribution in [0.4, 0.5) is 0 Å². The van der Waals surface area contributed by atoms with Crippen LogP contribution < -0.4 is 0 Å². The number of carboxylic acid groups (broad SMARTS) is 1. The van der Waals surface area contributed by atoms with Crippen molar-refractivity contribution in [2.24, 2.45) is 0 Å². The molecule has 3 rings (SSSR count). The Kier molecular flexibility index (Phi) is 3.47. The van der Waals surface area contributed by atoms with Gasteiger partial charge in [-0.3, -0.25) is 14.7 Å². The minimum absolute atomic E-state index is 0.0266. The highest BCUT2D eigenvalue weighted by atomic mass is 16.4. The predicted octanol–water partition coefficient (Wildman–Crippen LogP) is 1.75. The maximum Gasteiger partial charge on any atom is 0.305 e. The van der Waals surface area contributed by atoms with Crippen LogP contribution in [0.2, 0.25) is 0 Å². The van der Waals surface area contributed by atoms with E-state index in [1.807, 2.05) is 0 Å². The largest absolute Gasteiger partial charge is 0.481 e. The Bertz CT molecular complexity index is 647. The number of aromatic nitrogens is 2. The first-order chi connectivity index (χ1) is 10.1. The minimum atomic E-state index is -0.891. The van der Waals surface area contributed by atoms with Crippen molar-refractivity contribution in [3.63, 3.8) is 0 Å². The predicted molar refractivity (Wildman–Crippen MR) is 72.6 cm³/mol.